The molecular formula is C36H44Br4F4N4O12S4. The first-order valence-corrected chi connectivity index (χ1v) is 27.1. The maximum Gasteiger partial charge on any atom is 0.214 e. The van der Waals surface area contributed by atoms with Gasteiger partial charge >= 0.3 is 0 Å². The number of nitrogens with two attached hydrogens (primary N) is 4. The van der Waals surface area contributed by atoms with Crippen LogP contribution in [0.15, 0.2) is 90.7 Å². The van der Waals surface area contributed by atoms with Crippen molar-refractivity contribution in [2.75, 3.05) is 0 Å². The molecule has 0 aliphatic rings. The van der Waals surface area contributed by atoms with Crippen molar-refractivity contribution in [3.63, 3.8) is 0 Å². The lowest BCUT2D eigenvalue weighted by atomic mass is 10.1. The van der Waals surface area contributed by atoms with Crippen molar-refractivity contribution in [2.45, 2.75) is 73.1 Å². The molecular weight excluding hydrogens is 1200 g/mol. The third kappa shape index (κ3) is 18.6. The van der Waals surface area contributed by atoms with Crippen LogP contribution in [0.2, 0.25) is 0 Å². The molecule has 4 aromatic carbocycles. The number of halogens is 8. The van der Waals surface area contributed by atoms with Crippen LogP contribution in [-0.4, -0.2) is 75.1 Å². The van der Waals surface area contributed by atoms with Crippen LogP contribution in [0.25, 0.3) is 0 Å². The number of aliphatic hydroxyl groups is 4. The minimum Gasteiger partial charge on any atom is -0.387 e. The van der Waals surface area contributed by atoms with Gasteiger partial charge in [-0.2, -0.15) is 0 Å². The SMILES string of the molecule is C[C@@H]([C@@H](O)c1ccc(Br)cc1F)S(N)(=O)=O.C[C@@H]([C@H](O)c1ccc(Br)cc1F)S(N)(=O)=O.C[C@H]([C@@H](O)c1ccc(Br)cc1F)S(N)(=O)=O.C[C@H]([C@H](O)c1ccc(Br)cc1F)S(N)(=O)=O. The van der Waals surface area contributed by atoms with Gasteiger partial charge in [0.2, 0.25) is 40.1 Å². The molecule has 0 amide bonds. The molecule has 8 atom stereocenters. The van der Waals surface area contributed by atoms with Crippen molar-refractivity contribution in [3.05, 3.63) is 136 Å². The third-order valence-corrected chi connectivity index (χ3v) is 16.1. The fraction of sp³-hybridized carbons (Fsp3) is 0.333. The molecule has 16 nitrogen and oxygen atoms in total. The largest absolute Gasteiger partial charge is 0.387 e. The Morgan fingerprint density at radius 1 is 0.375 bits per heavy atom. The van der Waals surface area contributed by atoms with Gasteiger partial charge in [0.25, 0.3) is 0 Å². The second-order valence-electron chi connectivity index (χ2n) is 13.6. The van der Waals surface area contributed by atoms with E-state index < -0.39 is 109 Å². The minimum absolute atomic E-state index is 0.0928. The van der Waals surface area contributed by atoms with Gasteiger partial charge in [-0.15, -0.1) is 0 Å². The summed E-state index contributed by atoms with van der Waals surface area (Å²) in [6, 6.07) is 15.9. The number of hydrogen-bond donors (Lipinski definition) is 8. The van der Waals surface area contributed by atoms with Gasteiger partial charge < -0.3 is 20.4 Å². The average Bonchev–Trinajstić information content (AvgIpc) is 3.15. The Balaban J connectivity index is 0.000000427. The Kier molecular flexibility index (Phi) is 23.3. The van der Waals surface area contributed by atoms with Crippen molar-refractivity contribution in [1.29, 1.82) is 0 Å². The zero-order valence-corrected chi connectivity index (χ0v) is 43.2. The summed E-state index contributed by atoms with van der Waals surface area (Å²) in [5.41, 5.74) is -0.371. The number of sulfonamides is 4. The molecule has 0 spiro atoms. The van der Waals surface area contributed by atoms with Gasteiger partial charge in [0.1, 0.15) is 44.3 Å². The summed E-state index contributed by atoms with van der Waals surface area (Å²) in [6.45, 7) is 4.89. The number of aliphatic hydroxyl groups excluding tert-OH is 4. The summed E-state index contributed by atoms with van der Waals surface area (Å²) < 4.78 is 144. The highest BCUT2D eigenvalue weighted by molar-refractivity contribution is 9.11. The van der Waals surface area contributed by atoms with Crippen molar-refractivity contribution in [2.24, 2.45) is 20.6 Å². The highest BCUT2D eigenvalue weighted by Crippen LogP contribution is 2.29. The van der Waals surface area contributed by atoms with Crippen LogP contribution in [0.3, 0.4) is 0 Å². The fourth-order valence-corrected chi connectivity index (χ4v) is 8.05. The van der Waals surface area contributed by atoms with Crippen LogP contribution in [0.1, 0.15) is 74.4 Å². The van der Waals surface area contributed by atoms with Crippen LogP contribution in [0.4, 0.5) is 17.6 Å². The molecule has 0 aromatic heterocycles. The van der Waals surface area contributed by atoms with Crippen LogP contribution in [-0.2, 0) is 40.1 Å². The van der Waals surface area contributed by atoms with E-state index in [-0.39, 0.29) is 22.3 Å². The highest BCUT2D eigenvalue weighted by atomic mass is 79.9. The second kappa shape index (κ2) is 24.9. The molecule has 0 aliphatic carbocycles. The monoisotopic (exact) mass is 1240 g/mol. The molecule has 360 valence electrons. The normalized spacial score (nSPS) is 15.8. The molecule has 12 N–H and O–H groups in total. The van der Waals surface area contributed by atoms with Crippen molar-refractivity contribution in [3.8, 4) is 0 Å². The molecule has 0 aliphatic heterocycles. The van der Waals surface area contributed by atoms with E-state index in [2.05, 4.69) is 63.7 Å². The zero-order valence-electron chi connectivity index (χ0n) is 33.6. The van der Waals surface area contributed by atoms with Crippen LogP contribution < -0.4 is 20.6 Å². The van der Waals surface area contributed by atoms with Gasteiger partial charge in [0, 0.05) is 40.1 Å². The van der Waals surface area contributed by atoms with Gasteiger partial charge in [0.15, 0.2) is 0 Å². The maximum atomic E-state index is 13.4. The van der Waals surface area contributed by atoms with E-state index in [0.717, 1.165) is 24.3 Å². The van der Waals surface area contributed by atoms with E-state index in [4.69, 9.17) is 20.6 Å². The van der Waals surface area contributed by atoms with Gasteiger partial charge in [-0.25, -0.2) is 71.8 Å². The number of primary sulfonamides is 4. The van der Waals surface area contributed by atoms with Crippen LogP contribution >= 0.6 is 63.7 Å². The standard InChI is InChI=1S/4C9H11BrFNO3S/c4*1-5(16(12,14)15)9(13)7-3-2-6(10)4-8(7)11/h4*2-5,9,13H,1H3,(H2,12,14,15)/t2*5-,9+;2*5-,9-/m1010/s1. The van der Waals surface area contributed by atoms with Crippen LogP contribution in [0, 0.1) is 23.3 Å². The molecule has 0 bridgehead atoms. The predicted octanol–water partition coefficient (Wildman–Crippen LogP) is 5.19. The lowest BCUT2D eigenvalue weighted by molar-refractivity contribution is 0.171. The number of benzene rings is 4. The Morgan fingerprint density at radius 2 is 0.516 bits per heavy atom. The molecule has 0 fully saturated rings. The molecule has 0 heterocycles. The smallest absolute Gasteiger partial charge is 0.214 e. The lowest BCUT2D eigenvalue weighted by Gasteiger charge is -2.17. The van der Waals surface area contributed by atoms with E-state index in [1.165, 1.54) is 76.2 Å². The molecule has 4 rings (SSSR count). The van der Waals surface area contributed by atoms with Gasteiger partial charge in [0.05, 0.1) is 24.4 Å². The summed E-state index contributed by atoms with van der Waals surface area (Å²) in [7, 11) is -15.6. The number of rotatable bonds is 12. The van der Waals surface area contributed by atoms with Gasteiger partial charge in [-0.3, -0.25) is 0 Å². The molecule has 0 saturated carbocycles. The molecule has 4 aromatic rings. The van der Waals surface area contributed by atoms with Crippen molar-refractivity contribution < 1.29 is 71.7 Å². The Morgan fingerprint density at radius 3 is 0.625 bits per heavy atom. The zero-order chi connectivity index (χ0) is 50.0. The minimum atomic E-state index is -3.91. The summed E-state index contributed by atoms with van der Waals surface area (Å²) in [4.78, 5) is 0. The Hall–Kier alpha value is -2.00. The summed E-state index contributed by atoms with van der Waals surface area (Å²) >= 11 is 12.2. The predicted molar refractivity (Wildman–Crippen MR) is 247 cm³/mol. The maximum absolute atomic E-state index is 13.4. The Bertz CT molecular complexity index is 2330. The number of hydrogen-bond acceptors (Lipinski definition) is 12. The summed E-state index contributed by atoms with van der Waals surface area (Å²) in [5, 5.41) is 53.2. The van der Waals surface area contributed by atoms with Gasteiger partial charge in [-0.05, 0) is 76.2 Å². The first-order valence-electron chi connectivity index (χ1n) is 17.5. The molecule has 0 unspecified atom stereocenters. The van der Waals surface area contributed by atoms with Crippen molar-refractivity contribution in [1.82, 2.24) is 0 Å². The van der Waals surface area contributed by atoms with E-state index in [1.807, 2.05) is 0 Å². The highest BCUT2D eigenvalue weighted by Gasteiger charge is 2.31. The van der Waals surface area contributed by atoms with E-state index in [9.17, 15) is 71.7 Å². The average molecular weight is 1250 g/mol. The molecule has 0 radical (unpaired) electrons. The van der Waals surface area contributed by atoms with E-state index in [1.54, 1.807) is 0 Å². The van der Waals surface area contributed by atoms with Crippen LogP contribution in [0.5, 0.6) is 0 Å². The molecule has 28 heteroatoms. The first-order chi connectivity index (χ1) is 28.9. The van der Waals surface area contributed by atoms with Gasteiger partial charge in [-0.1, -0.05) is 88.0 Å². The summed E-state index contributed by atoms with van der Waals surface area (Å²) in [5.74, 6) is -2.73. The first kappa shape index (κ1) is 60.0. The topological polar surface area (TPSA) is 322 Å². The van der Waals surface area contributed by atoms with E-state index in [0.29, 0.717) is 17.9 Å². The summed E-state index contributed by atoms with van der Waals surface area (Å²) in [6.07, 6.45) is -5.93. The quantitative estimate of drug-likeness (QED) is 0.0850. The van der Waals surface area contributed by atoms with Crippen molar-refractivity contribution >= 4 is 104 Å². The van der Waals surface area contributed by atoms with E-state index >= 15 is 0 Å². The fourth-order valence-electron chi connectivity index (χ4n) is 4.70. The Labute approximate surface area is 402 Å². The third-order valence-electron chi connectivity index (χ3n) is 8.98. The molecule has 0 saturated heterocycles. The molecule has 64 heavy (non-hydrogen) atoms. The lowest BCUT2D eigenvalue weighted by Crippen LogP contribution is -2.31. The second-order valence-corrected chi connectivity index (χ2v) is 25.0.